The van der Waals surface area contributed by atoms with Gasteiger partial charge in [-0.05, 0) is 114 Å². The number of rotatable bonds is 11. The molecule has 0 spiro atoms. The van der Waals surface area contributed by atoms with Crippen LogP contribution in [0.3, 0.4) is 0 Å². The van der Waals surface area contributed by atoms with E-state index < -0.39 is 11.9 Å². The zero-order valence-corrected chi connectivity index (χ0v) is 28.2. The highest BCUT2D eigenvalue weighted by Gasteiger charge is 2.11. The molecule has 1 aromatic heterocycles. The molecule has 0 amide bonds. The Labute approximate surface area is 290 Å². The predicted molar refractivity (Wildman–Crippen MR) is 195 cm³/mol. The van der Waals surface area contributed by atoms with Crippen LogP contribution < -0.4 is 9.47 Å². The van der Waals surface area contributed by atoms with E-state index >= 15 is 0 Å². The third kappa shape index (κ3) is 9.51. The summed E-state index contributed by atoms with van der Waals surface area (Å²) in [6.07, 6.45) is 2.25. The lowest BCUT2D eigenvalue weighted by Gasteiger charge is -2.11. The zero-order chi connectivity index (χ0) is 34.6. The molecule has 0 aliphatic heterocycles. The van der Waals surface area contributed by atoms with E-state index in [4.69, 9.17) is 18.9 Å². The smallest absolute Gasteiger partial charge is 0.330 e. The van der Waals surface area contributed by atoms with Crippen molar-refractivity contribution < 1.29 is 28.5 Å². The molecule has 1 heterocycles. The number of fused-ring (bicyclic) bond motifs is 1. The number of hydrogen-bond acceptors (Lipinski definition) is 7. The van der Waals surface area contributed by atoms with E-state index in [1.54, 1.807) is 11.3 Å². The van der Waals surface area contributed by atoms with Crippen molar-refractivity contribution in [3.05, 3.63) is 143 Å². The first-order chi connectivity index (χ1) is 23.8. The standard InChI is InChI=1S/C42H34O6S/c1-5-41(43)47-25-23-45-34-15-9-31(10-16-34)7-8-33-14-20-37(29(3)27-33)38-21-22-40-39(30(38)4)28-36(49-40)19-13-32-11-17-35(18-12-32)46-24-26-48-42(44)6-2/h5-6,9-12,14-18,20-22,27-28H,1-2,23-26H2,3-4H3. The van der Waals surface area contributed by atoms with Crippen molar-refractivity contribution in [1.82, 2.24) is 0 Å². The molecule has 0 aliphatic carbocycles. The van der Waals surface area contributed by atoms with Gasteiger partial charge < -0.3 is 18.9 Å². The van der Waals surface area contributed by atoms with Gasteiger partial charge in [0.25, 0.3) is 0 Å². The Bertz CT molecular complexity index is 2120. The van der Waals surface area contributed by atoms with Crippen LogP contribution in [-0.4, -0.2) is 38.4 Å². The number of benzene rings is 4. The number of carbonyl (C=O) groups excluding carboxylic acids is 2. The maximum Gasteiger partial charge on any atom is 0.330 e. The van der Waals surface area contributed by atoms with Gasteiger partial charge in [-0.3, -0.25) is 0 Å². The molecule has 0 saturated heterocycles. The fourth-order valence-corrected chi connectivity index (χ4v) is 5.89. The Balaban J connectivity index is 1.22. The Morgan fingerprint density at radius 3 is 1.69 bits per heavy atom. The van der Waals surface area contributed by atoms with Gasteiger partial charge in [0.05, 0.1) is 4.88 Å². The van der Waals surface area contributed by atoms with E-state index in [0.29, 0.717) is 11.5 Å². The van der Waals surface area contributed by atoms with Gasteiger partial charge in [-0.2, -0.15) is 0 Å². The second-order valence-corrected chi connectivity index (χ2v) is 11.9. The second-order valence-electron chi connectivity index (χ2n) is 10.8. The van der Waals surface area contributed by atoms with Gasteiger partial charge in [0.15, 0.2) is 0 Å². The molecule has 244 valence electrons. The molecule has 0 bridgehead atoms. The van der Waals surface area contributed by atoms with Crippen molar-refractivity contribution in [2.24, 2.45) is 0 Å². The van der Waals surface area contributed by atoms with E-state index in [-0.39, 0.29) is 26.4 Å². The minimum atomic E-state index is -0.469. The van der Waals surface area contributed by atoms with Crippen LogP contribution in [0.2, 0.25) is 0 Å². The van der Waals surface area contributed by atoms with Crippen molar-refractivity contribution >= 4 is 33.4 Å². The molecular weight excluding hydrogens is 633 g/mol. The average molecular weight is 667 g/mol. The summed E-state index contributed by atoms with van der Waals surface area (Å²) in [5.74, 6) is 13.5. The number of carbonyl (C=O) groups is 2. The van der Waals surface area contributed by atoms with Gasteiger partial charge in [0.2, 0.25) is 0 Å². The van der Waals surface area contributed by atoms with Crippen LogP contribution in [-0.2, 0) is 19.1 Å². The third-order valence-corrected chi connectivity index (χ3v) is 8.42. The normalized spacial score (nSPS) is 10.2. The molecule has 0 unspecified atom stereocenters. The second kappa shape index (κ2) is 16.7. The molecule has 0 atom stereocenters. The van der Waals surface area contributed by atoms with Crippen molar-refractivity contribution in [2.45, 2.75) is 13.8 Å². The molecule has 0 radical (unpaired) electrons. The minimum Gasteiger partial charge on any atom is -0.490 e. The number of hydrogen-bond donors (Lipinski definition) is 0. The lowest BCUT2D eigenvalue weighted by Crippen LogP contribution is -2.10. The number of thiophene rings is 1. The molecule has 7 heteroatoms. The quantitative estimate of drug-likeness (QED) is 0.0613. The van der Waals surface area contributed by atoms with Crippen LogP contribution in [0.25, 0.3) is 21.2 Å². The molecular formula is C42H34O6S. The molecule has 6 nitrogen and oxygen atoms in total. The van der Waals surface area contributed by atoms with Crippen LogP contribution in [0.1, 0.15) is 32.7 Å². The van der Waals surface area contributed by atoms with Crippen LogP contribution in [0.15, 0.2) is 110 Å². The van der Waals surface area contributed by atoms with Gasteiger partial charge in [0.1, 0.15) is 37.9 Å². The van der Waals surface area contributed by atoms with Crippen molar-refractivity contribution in [3.8, 4) is 46.3 Å². The Hall–Kier alpha value is -6.02. The van der Waals surface area contributed by atoms with Crippen LogP contribution in [0.5, 0.6) is 11.5 Å². The monoisotopic (exact) mass is 666 g/mol. The first-order valence-electron chi connectivity index (χ1n) is 15.6. The number of ether oxygens (including phenoxy) is 4. The summed E-state index contributed by atoms with van der Waals surface area (Å²) in [5, 5.41) is 1.20. The molecule has 0 saturated carbocycles. The lowest BCUT2D eigenvalue weighted by atomic mass is 9.93. The fourth-order valence-electron chi connectivity index (χ4n) is 4.92. The fraction of sp³-hybridized carbons (Fsp3) is 0.143. The first-order valence-corrected chi connectivity index (χ1v) is 16.4. The SMILES string of the molecule is C=CC(=O)OCCOc1ccc(C#Cc2ccc(-c3ccc4sc(C#Cc5ccc(OCCOC(=O)C=C)cc5)cc4c3C)c(C)c2)cc1. The average Bonchev–Trinajstić information content (AvgIpc) is 3.55. The van der Waals surface area contributed by atoms with Gasteiger partial charge in [0, 0.05) is 33.5 Å². The van der Waals surface area contributed by atoms with Gasteiger partial charge in [-0.15, -0.1) is 11.3 Å². The topological polar surface area (TPSA) is 71.1 Å². The van der Waals surface area contributed by atoms with Gasteiger partial charge in [-0.1, -0.05) is 49.0 Å². The molecule has 0 N–H and O–H groups in total. The summed E-state index contributed by atoms with van der Waals surface area (Å²) in [7, 11) is 0. The van der Waals surface area contributed by atoms with E-state index in [0.717, 1.165) is 39.3 Å². The molecule has 4 aromatic carbocycles. The van der Waals surface area contributed by atoms with E-state index in [2.05, 4.69) is 87.1 Å². The number of esters is 2. The van der Waals surface area contributed by atoms with Crippen molar-refractivity contribution in [1.29, 1.82) is 0 Å². The van der Waals surface area contributed by atoms with E-state index in [1.165, 1.54) is 26.8 Å². The maximum atomic E-state index is 11.1. The number of aryl methyl sites for hydroxylation is 2. The summed E-state index contributed by atoms with van der Waals surface area (Å²) >= 11 is 1.68. The highest BCUT2D eigenvalue weighted by molar-refractivity contribution is 7.19. The molecule has 0 fully saturated rings. The van der Waals surface area contributed by atoms with Crippen LogP contribution in [0, 0.1) is 37.5 Å². The van der Waals surface area contributed by atoms with E-state index in [1.807, 2.05) is 48.5 Å². The van der Waals surface area contributed by atoms with Gasteiger partial charge in [-0.25, -0.2) is 9.59 Å². The molecule has 5 aromatic rings. The third-order valence-electron chi connectivity index (χ3n) is 7.40. The minimum absolute atomic E-state index is 0.160. The molecule has 5 rings (SSSR count). The first kappa shape index (κ1) is 34.3. The van der Waals surface area contributed by atoms with Crippen LogP contribution >= 0.6 is 11.3 Å². The van der Waals surface area contributed by atoms with Crippen molar-refractivity contribution in [2.75, 3.05) is 26.4 Å². The molecule has 49 heavy (non-hydrogen) atoms. The summed E-state index contributed by atoms with van der Waals surface area (Å²) in [5.41, 5.74) is 7.41. The van der Waals surface area contributed by atoms with Gasteiger partial charge >= 0.3 is 11.9 Å². The largest absolute Gasteiger partial charge is 0.490 e. The highest BCUT2D eigenvalue weighted by Crippen LogP contribution is 2.35. The summed E-state index contributed by atoms with van der Waals surface area (Å²) < 4.78 is 22.2. The lowest BCUT2D eigenvalue weighted by molar-refractivity contribution is -0.139. The highest BCUT2D eigenvalue weighted by atomic mass is 32.1. The Kier molecular flexibility index (Phi) is 11.7. The summed E-state index contributed by atoms with van der Waals surface area (Å²) in [6, 6.07) is 27.8. The van der Waals surface area contributed by atoms with E-state index in [9.17, 15) is 9.59 Å². The molecule has 0 aliphatic rings. The predicted octanol–water partition coefficient (Wildman–Crippen LogP) is 8.20. The summed E-state index contributed by atoms with van der Waals surface area (Å²) in [4.78, 5) is 23.2. The Morgan fingerprint density at radius 1 is 0.633 bits per heavy atom. The van der Waals surface area contributed by atoms with Crippen molar-refractivity contribution in [3.63, 3.8) is 0 Å². The summed E-state index contributed by atoms with van der Waals surface area (Å²) in [6.45, 7) is 11.9. The van der Waals surface area contributed by atoms with Crippen LogP contribution in [0.4, 0.5) is 0 Å². The maximum absolute atomic E-state index is 11.1. The Morgan fingerprint density at radius 2 is 1.14 bits per heavy atom. The zero-order valence-electron chi connectivity index (χ0n) is 27.3.